The highest BCUT2D eigenvalue weighted by molar-refractivity contribution is 7.25. The Kier molecular flexibility index (Phi) is 10.1. The standard InChI is InChI=1S/C74H49NS/c1-2-3-6-34-61(50-26-9-5-10-27-50)73(62-35-17-11-28-53(62)49-24-7-4-8-25-49)63-36-18-14-31-56(63)57-45-43-52(48-68(57)73)75(51-44-46-71-60(47-51)58-32-16-22-42-70(58)76-71)69-41-23-40-67-72(69)59-33-15-21-39-66(59)74(67)64-37-19-12-29-54(64)55-30-13-20-38-65(55)74/h2-48H,1H2/b6-3-,61-34+. The number of hydrogen-bond donors (Lipinski definition) is 0. The second kappa shape index (κ2) is 17.4. The Balaban J connectivity index is 1.07. The van der Waals surface area contributed by atoms with Crippen molar-refractivity contribution in [3.8, 4) is 44.5 Å². The van der Waals surface area contributed by atoms with Crippen LogP contribution in [-0.4, -0.2) is 0 Å². The lowest BCUT2D eigenvalue weighted by Gasteiger charge is -2.38. The highest BCUT2D eigenvalue weighted by Gasteiger charge is 2.53. The molecule has 12 aromatic rings. The zero-order valence-corrected chi connectivity index (χ0v) is 42.5. The van der Waals surface area contributed by atoms with E-state index in [0.29, 0.717) is 0 Å². The summed E-state index contributed by atoms with van der Waals surface area (Å²) in [7, 11) is 0. The minimum atomic E-state index is -0.785. The Morgan fingerprint density at radius 1 is 0.382 bits per heavy atom. The van der Waals surface area contributed by atoms with Crippen LogP contribution in [0.2, 0.25) is 0 Å². The summed E-state index contributed by atoms with van der Waals surface area (Å²) in [4.78, 5) is 2.58. The molecule has 1 atom stereocenters. The zero-order valence-electron chi connectivity index (χ0n) is 41.7. The number of anilines is 3. The van der Waals surface area contributed by atoms with E-state index >= 15 is 0 Å². The molecule has 3 aliphatic rings. The third-order valence-corrected chi connectivity index (χ3v) is 17.7. The van der Waals surface area contributed by atoms with Gasteiger partial charge in [-0.05, 0) is 131 Å². The number of benzene rings is 11. The topological polar surface area (TPSA) is 3.24 Å². The highest BCUT2D eigenvalue weighted by atomic mass is 32.1. The van der Waals surface area contributed by atoms with E-state index in [0.717, 1.165) is 22.6 Å². The Morgan fingerprint density at radius 2 is 0.895 bits per heavy atom. The minimum absolute atomic E-state index is 0.501. The molecule has 1 unspecified atom stereocenters. The minimum Gasteiger partial charge on any atom is -0.310 e. The number of hydrogen-bond acceptors (Lipinski definition) is 2. The van der Waals surface area contributed by atoms with Gasteiger partial charge in [0.15, 0.2) is 0 Å². The largest absolute Gasteiger partial charge is 0.310 e. The van der Waals surface area contributed by atoms with Crippen LogP contribution in [-0.2, 0) is 10.8 Å². The van der Waals surface area contributed by atoms with Crippen LogP contribution in [0.3, 0.4) is 0 Å². The third-order valence-electron chi connectivity index (χ3n) is 16.6. The van der Waals surface area contributed by atoms with Crippen molar-refractivity contribution >= 4 is 54.1 Å². The first-order valence-electron chi connectivity index (χ1n) is 26.3. The molecule has 2 heteroatoms. The highest BCUT2D eigenvalue weighted by Crippen LogP contribution is 2.66. The fraction of sp³-hybridized carbons (Fsp3) is 0.0270. The van der Waals surface area contributed by atoms with E-state index in [9.17, 15) is 0 Å². The van der Waals surface area contributed by atoms with Gasteiger partial charge in [0, 0.05) is 37.1 Å². The van der Waals surface area contributed by atoms with Crippen LogP contribution in [0.5, 0.6) is 0 Å². The second-order valence-corrected chi connectivity index (χ2v) is 21.3. The van der Waals surface area contributed by atoms with Crippen molar-refractivity contribution in [2.24, 2.45) is 0 Å². The Labute approximate surface area is 448 Å². The lowest BCUT2D eigenvalue weighted by Crippen LogP contribution is -2.30. The lowest BCUT2D eigenvalue weighted by molar-refractivity contribution is 0.793. The molecule has 356 valence electrons. The maximum Gasteiger partial charge on any atom is 0.0726 e. The first-order chi connectivity index (χ1) is 37.7. The maximum absolute atomic E-state index is 4.11. The number of nitrogens with zero attached hydrogens (tertiary/aromatic N) is 1. The summed E-state index contributed by atoms with van der Waals surface area (Å²) in [5.41, 5.74) is 23.3. The van der Waals surface area contributed by atoms with Gasteiger partial charge in [-0.15, -0.1) is 11.3 Å². The van der Waals surface area contributed by atoms with Gasteiger partial charge in [-0.25, -0.2) is 0 Å². The average Bonchev–Trinajstić information content (AvgIpc) is 4.28. The van der Waals surface area contributed by atoms with Gasteiger partial charge in [0.1, 0.15) is 0 Å². The molecule has 76 heavy (non-hydrogen) atoms. The smallest absolute Gasteiger partial charge is 0.0726 e. The van der Waals surface area contributed by atoms with E-state index in [1.54, 1.807) is 0 Å². The van der Waals surface area contributed by atoms with Crippen LogP contribution < -0.4 is 4.90 Å². The summed E-state index contributed by atoms with van der Waals surface area (Å²) in [5.74, 6) is 0. The summed E-state index contributed by atoms with van der Waals surface area (Å²) < 4.78 is 2.57. The van der Waals surface area contributed by atoms with Gasteiger partial charge in [-0.2, -0.15) is 0 Å². The van der Waals surface area contributed by atoms with Gasteiger partial charge < -0.3 is 4.90 Å². The molecule has 11 aromatic carbocycles. The Morgan fingerprint density at radius 3 is 1.61 bits per heavy atom. The lowest BCUT2D eigenvalue weighted by atomic mass is 9.63. The number of thiophene rings is 1. The first kappa shape index (κ1) is 44.2. The molecule has 0 aliphatic heterocycles. The summed E-state index contributed by atoms with van der Waals surface area (Å²) >= 11 is 1.86. The third kappa shape index (κ3) is 6.20. The van der Waals surface area contributed by atoms with E-state index in [-0.39, 0.29) is 0 Å². The maximum atomic E-state index is 4.11. The average molecular weight is 984 g/mol. The molecular weight excluding hydrogens is 935 g/mol. The Bertz CT molecular complexity index is 4340. The fourth-order valence-corrected chi connectivity index (χ4v) is 14.8. The van der Waals surface area contributed by atoms with Crippen LogP contribution in [0.15, 0.2) is 292 Å². The molecule has 1 heterocycles. The van der Waals surface area contributed by atoms with Gasteiger partial charge in [-0.1, -0.05) is 249 Å². The van der Waals surface area contributed by atoms with E-state index in [1.807, 2.05) is 23.5 Å². The molecule has 0 radical (unpaired) electrons. The molecule has 0 amide bonds. The van der Waals surface area contributed by atoms with Crippen molar-refractivity contribution in [3.63, 3.8) is 0 Å². The van der Waals surface area contributed by atoms with E-state index in [1.165, 1.54) is 109 Å². The summed E-state index contributed by atoms with van der Waals surface area (Å²) in [6.45, 7) is 4.11. The van der Waals surface area contributed by atoms with Crippen LogP contribution >= 0.6 is 11.3 Å². The second-order valence-electron chi connectivity index (χ2n) is 20.2. The normalized spacial score (nSPS) is 15.3. The van der Waals surface area contributed by atoms with Crippen molar-refractivity contribution in [1.82, 2.24) is 0 Å². The molecule has 0 saturated carbocycles. The number of rotatable bonds is 9. The van der Waals surface area contributed by atoms with Crippen LogP contribution in [0, 0.1) is 0 Å². The number of fused-ring (bicyclic) bond motifs is 16. The SMILES string of the molecule is C=C/C=C\C=C(/c1ccccc1)C1(c2ccccc2-c2ccccc2)c2ccccc2-c2ccc(N(c3ccc4sc5ccccc5c4c3)c3cccc4c3-c3ccccc3C43c4ccccc4-c4ccccc43)cc21. The van der Waals surface area contributed by atoms with E-state index in [2.05, 4.69) is 284 Å². The van der Waals surface area contributed by atoms with E-state index < -0.39 is 10.8 Å². The zero-order chi connectivity index (χ0) is 50.4. The van der Waals surface area contributed by atoms with Crippen LogP contribution in [0.25, 0.3) is 70.3 Å². The number of allylic oxidation sites excluding steroid dienone is 5. The molecular formula is C74H49NS. The van der Waals surface area contributed by atoms with Crippen molar-refractivity contribution in [2.45, 2.75) is 10.8 Å². The van der Waals surface area contributed by atoms with Gasteiger partial charge in [0.25, 0.3) is 0 Å². The van der Waals surface area contributed by atoms with E-state index in [4.69, 9.17) is 0 Å². The van der Waals surface area contributed by atoms with Crippen LogP contribution in [0.4, 0.5) is 17.1 Å². The molecule has 15 rings (SSSR count). The molecule has 0 fully saturated rings. The molecule has 3 aliphatic carbocycles. The van der Waals surface area contributed by atoms with Crippen molar-refractivity contribution in [1.29, 1.82) is 0 Å². The summed E-state index contributed by atoms with van der Waals surface area (Å²) in [6, 6.07) is 98.0. The summed E-state index contributed by atoms with van der Waals surface area (Å²) in [6.07, 6.45) is 8.42. The summed E-state index contributed by atoms with van der Waals surface area (Å²) in [5, 5.41) is 2.53. The molecule has 0 N–H and O–H groups in total. The molecule has 0 bridgehead atoms. The van der Waals surface area contributed by atoms with Gasteiger partial charge in [0.05, 0.1) is 16.5 Å². The molecule has 0 saturated heterocycles. The fourth-order valence-electron chi connectivity index (χ4n) is 13.7. The van der Waals surface area contributed by atoms with Crippen molar-refractivity contribution in [3.05, 3.63) is 336 Å². The first-order valence-corrected chi connectivity index (χ1v) is 27.1. The van der Waals surface area contributed by atoms with Crippen LogP contribution in [0.1, 0.15) is 44.5 Å². The monoisotopic (exact) mass is 983 g/mol. The van der Waals surface area contributed by atoms with Gasteiger partial charge in [-0.3, -0.25) is 0 Å². The quantitative estimate of drug-likeness (QED) is 0.130. The van der Waals surface area contributed by atoms with Gasteiger partial charge >= 0.3 is 0 Å². The molecule has 1 spiro atoms. The van der Waals surface area contributed by atoms with Crippen molar-refractivity contribution in [2.75, 3.05) is 4.90 Å². The Hall–Kier alpha value is -9.34. The molecule has 1 aromatic heterocycles. The predicted molar refractivity (Wildman–Crippen MR) is 321 cm³/mol. The molecule has 1 nitrogen and oxygen atoms in total. The van der Waals surface area contributed by atoms with Crippen molar-refractivity contribution < 1.29 is 0 Å². The van der Waals surface area contributed by atoms with Gasteiger partial charge in [0.2, 0.25) is 0 Å². The predicted octanol–water partition coefficient (Wildman–Crippen LogP) is 19.7.